The van der Waals surface area contributed by atoms with Crippen LogP contribution in [-0.4, -0.2) is 9.97 Å². The Labute approximate surface area is 140 Å². The Hall–Kier alpha value is -2.71. The summed E-state index contributed by atoms with van der Waals surface area (Å²) in [6, 6.07) is 22.0. The van der Waals surface area contributed by atoms with Crippen molar-refractivity contribution in [2.75, 3.05) is 0 Å². The Morgan fingerprint density at radius 2 is 1.04 bits per heavy atom. The first-order valence-electron chi connectivity index (χ1n) is 7.30. The number of hydrogen-bond donors (Lipinski definition) is 0. The fourth-order valence-electron chi connectivity index (χ4n) is 2.12. The van der Waals surface area contributed by atoms with E-state index in [1.165, 1.54) is 0 Å². The third-order valence-electron chi connectivity index (χ3n) is 3.23. The lowest BCUT2D eigenvalue weighted by molar-refractivity contribution is 1.14. The molecule has 2 nitrogen and oxygen atoms in total. The minimum absolute atomic E-state index is 0.243. The molecule has 23 heavy (non-hydrogen) atoms. The first-order valence-corrected chi connectivity index (χ1v) is 7.68. The van der Waals surface area contributed by atoms with Crippen LogP contribution in [0.4, 0.5) is 0 Å². The fraction of sp³-hybridized carbons (Fsp3) is 0. The summed E-state index contributed by atoms with van der Waals surface area (Å²) in [4.78, 5) is 8.48. The Morgan fingerprint density at radius 3 is 1.48 bits per heavy atom. The van der Waals surface area contributed by atoms with Crippen LogP contribution in [0.25, 0.3) is 24.3 Å². The van der Waals surface area contributed by atoms with Gasteiger partial charge in [0.1, 0.15) is 0 Å². The van der Waals surface area contributed by atoms with Crippen molar-refractivity contribution < 1.29 is 0 Å². The highest BCUT2D eigenvalue weighted by Crippen LogP contribution is 2.13. The van der Waals surface area contributed by atoms with Crippen molar-refractivity contribution in [1.29, 1.82) is 0 Å². The van der Waals surface area contributed by atoms with Gasteiger partial charge in [-0.15, -0.1) is 0 Å². The van der Waals surface area contributed by atoms with E-state index in [4.69, 9.17) is 11.6 Å². The molecular formula is C20H15ClN2. The standard InChI is InChI=1S/C20H15ClN2/c21-20-22-18(13-11-16-7-3-1-4-8-16)15-19(23-20)14-12-17-9-5-2-6-10-17/h1-15H. The van der Waals surface area contributed by atoms with E-state index in [1.54, 1.807) is 0 Å². The molecule has 0 fully saturated rings. The SMILES string of the molecule is Clc1nc(C=Cc2ccccc2)cc(C=Cc2ccccc2)n1. The van der Waals surface area contributed by atoms with Gasteiger partial charge < -0.3 is 0 Å². The number of nitrogens with zero attached hydrogens (tertiary/aromatic N) is 2. The van der Waals surface area contributed by atoms with Gasteiger partial charge in [-0.1, -0.05) is 72.8 Å². The van der Waals surface area contributed by atoms with E-state index in [9.17, 15) is 0 Å². The molecule has 1 aromatic heterocycles. The molecule has 0 spiro atoms. The van der Waals surface area contributed by atoms with E-state index in [0.29, 0.717) is 0 Å². The van der Waals surface area contributed by atoms with Gasteiger partial charge in [-0.25, -0.2) is 9.97 Å². The normalized spacial score (nSPS) is 11.3. The van der Waals surface area contributed by atoms with Gasteiger partial charge in [0.25, 0.3) is 0 Å². The largest absolute Gasteiger partial charge is 0.223 e. The molecule has 0 aliphatic heterocycles. The van der Waals surface area contributed by atoms with Gasteiger partial charge in [0.05, 0.1) is 11.4 Å². The second kappa shape index (κ2) is 7.52. The van der Waals surface area contributed by atoms with Crippen LogP contribution in [0, 0.1) is 0 Å². The first-order chi connectivity index (χ1) is 11.3. The van der Waals surface area contributed by atoms with Gasteiger partial charge in [-0.05, 0) is 40.9 Å². The van der Waals surface area contributed by atoms with Crippen molar-refractivity contribution in [2.45, 2.75) is 0 Å². The van der Waals surface area contributed by atoms with E-state index in [0.717, 1.165) is 22.5 Å². The molecule has 0 amide bonds. The Bertz CT molecular complexity index is 757. The van der Waals surface area contributed by atoms with Crippen LogP contribution in [0.5, 0.6) is 0 Å². The molecule has 3 aromatic rings. The second-order valence-electron chi connectivity index (χ2n) is 4.97. The molecule has 3 heteroatoms. The maximum absolute atomic E-state index is 6.02. The molecule has 0 saturated carbocycles. The molecule has 0 aliphatic carbocycles. The van der Waals surface area contributed by atoms with Crippen LogP contribution in [0.1, 0.15) is 22.5 Å². The minimum atomic E-state index is 0.243. The van der Waals surface area contributed by atoms with Gasteiger partial charge >= 0.3 is 0 Å². The van der Waals surface area contributed by atoms with E-state index in [1.807, 2.05) is 91.0 Å². The summed E-state index contributed by atoms with van der Waals surface area (Å²) >= 11 is 6.02. The summed E-state index contributed by atoms with van der Waals surface area (Å²) in [6.07, 6.45) is 7.87. The van der Waals surface area contributed by atoms with E-state index < -0.39 is 0 Å². The number of rotatable bonds is 4. The summed E-state index contributed by atoms with van der Waals surface area (Å²) in [7, 11) is 0. The molecule has 0 radical (unpaired) electrons. The number of aromatic nitrogens is 2. The highest BCUT2D eigenvalue weighted by Gasteiger charge is 1.98. The monoisotopic (exact) mass is 318 g/mol. The van der Waals surface area contributed by atoms with Crippen LogP contribution in [0.15, 0.2) is 66.7 Å². The number of halogens is 1. The predicted molar refractivity (Wildman–Crippen MR) is 97.8 cm³/mol. The Balaban J connectivity index is 1.82. The molecule has 0 bridgehead atoms. The Kier molecular flexibility index (Phi) is 4.97. The van der Waals surface area contributed by atoms with Gasteiger partial charge in [0.15, 0.2) is 0 Å². The fourth-order valence-corrected chi connectivity index (χ4v) is 2.31. The molecular weight excluding hydrogens is 304 g/mol. The molecule has 3 rings (SSSR count). The molecule has 0 N–H and O–H groups in total. The predicted octanol–water partition coefficient (Wildman–Crippen LogP) is 5.47. The van der Waals surface area contributed by atoms with Crippen LogP contribution >= 0.6 is 11.6 Å². The lowest BCUT2D eigenvalue weighted by Crippen LogP contribution is -1.89. The Morgan fingerprint density at radius 1 is 0.609 bits per heavy atom. The maximum atomic E-state index is 6.02. The van der Waals surface area contributed by atoms with Gasteiger partial charge in [0, 0.05) is 0 Å². The number of hydrogen-bond acceptors (Lipinski definition) is 2. The highest BCUT2D eigenvalue weighted by molar-refractivity contribution is 6.28. The lowest BCUT2D eigenvalue weighted by Gasteiger charge is -1.99. The number of benzene rings is 2. The van der Waals surface area contributed by atoms with Gasteiger partial charge in [-0.3, -0.25) is 0 Å². The van der Waals surface area contributed by atoms with Gasteiger partial charge in [0.2, 0.25) is 5.28 Å². The molecule has 2 aromatic carbocycles. The van der Waals surface area contributed by atoms with Crippen LogP contribution in [-0.2, 0) is 0 Å². The summed E-state index contributed by atoms with van der Waals surface area (Å²) in [5.41, 5.74) is 3.79. The smallest absolute Gasteiger partial charge is 0.218 e. The summed E-state index contributed by atoms with van der Waals surface area (Å²) < 4.78 is 0. The van der Waals surface area contributed by atoms with Crippen molar-refractivity contribution in [3.63, 3.8) is 0 Å². The van der Waals surface area contributed by atoms with E-state index in [-0.39, 0.29) is 5.28 Å². The van der Waals surface area contributed by atoms with Crippen LogP contribution in [0.2, 0.25) is 5.28 Å². The van der Waals surface area contributed by atoms with E-state index >= 15 is 0 Å². The molecule has 112 valence electrons. The third kappa shape index (κ3) is 4.63. The zero-order valence-electron chi connectivity index (χ0n) is 12.4. The molecule has 0 saturated heterocycles. The third-order valence-corrected chi connectivity index (χ3v) is 3.40. The molecule has 0 atom stereocenters. The highest BCUT2D eigenvalue weighted by atomic mass is 35.5. The minimum Gasteiger partial charge on any atom is -0.218 e. The molecule has 0 aliphatic rings. The molecule has 1 heterocycles. The lowest BCUT2D eigenvalue weighted by atomic mass is 10.2. The summed E-state index contributed by atoms with van der Waals surface area (Å²) in [5.74, 6) is 0. The van der Waals surface area contributed by atoms with E-state index in [2.05, 4.69) is 9.97 Å². The average molecular weight is 319 g/mol. The van der Waals surface area contributed by atoms with Crippen LogP contribution in [0.3, 0.4) is 0 Å². The zero-order valence-corrected chi connectivity index (χ0v) is 13.2. The zero-order chi connectivity index (χ0) is 15.9. The maximum Gasteiger partial charge on any atom is 0.223 e. The van der Waals surface area contributed by atoms with Crippen molar-refractivity contribution >= 4 is 35.9 Å². The van der Waals surface area contributed by atoms with Crippen LogP contribution < -0.4 is 0 Å². The average Bonchev–Trinajstić information content (AvgIpc) is 2.60. The van der Waals surface area contributed by atoms with Crippen molar-refractivity contribution in [3.05, 3.63) is 94.5 Å². The second-order valence-corrected chi connectivity index (χ2v) is 5.31. The quantitative estimate of drug-likeness (QED) is 0.596. The molecule has 0 unspecified atom stereocenters. The summed E-state index contributed by atoms with van der Waals surface area (Å²) in [5, 5.41) is 0.243. The van der Waals surface area contributed by atoms with Gasteiger partial charge in [-0.2, -0.15) is 0 Å². The van der Waals surface area contributed by atoms with Crippen molar-refractivity contribution in [2.24, 2.45) is 0 Å². The first kappa shape index (κ1) is 15.2. The van der Waals surface area contributed by atoms with Crippen molar-refractivity contribution in [3.8, 4) is 0 Å². The van der Waals surface area contributed by atoms with Crippen molar-refractivity contribution in [1.82, 2.24) is 9.97 Å². The summed E-state index contributed by atoms with van der Waals surface area (Å²) in [6.45, 7) is 0. The topological polar surface area (TPSA) is 25.8 Å².